The first kappa shape index (κ1) is 17.0. The van der Waals surface area contributed by atoms with Crippen molar-refractivity contribution in [3.63, 3.8) is 0 Å². The van der Waals surface area contributed by atoms with Gasteiger partial charge >= 0.3 is 5.95 Å². The molecule has 0 amide bonds. The maximum absolute atomic E-state index is 12.8. The van der Waals surface area contributed by atoms with Crippen LogP contribution in [-0.4, -0.2) is 21.2 Å². The fraction of sp³-hybridized carbons (Fsp3) is 0. The number of nitrogens with zero attached hydrogens (tertiary/aromatic N) is 3. The number of aliphatic imine (C=N–C) groups is 1. The molecule has 8 heteroatoms. The van der Waals surface area contributed by atoms with Gasteiger partial charge in [0.25, 0.3) is 5.69 Å². The predicted octanol–water partition coefficient (Wildman–Crippen LogP) is 4.35. The van der Waals surface area contributed by atoms with Crippen molar-refractivity contribution >= 4 is 29.7 Å². The van der Waals surface area contributed by atoms with Gasteiger partial charge in [-0.05, 0) is 35.9 Å². The van der Waals surface area contributed by atoms with E-state index in [-0.39, 0.29) is 23.1 Å². The molecular formula is C18H12FN3O4. The van der Waals surface area contributed by atoms with E-state index in [9.17, 15) is 19.6 Å². The van der Waals surface area contributed by atoms with Crippen molar-refractivity contribution in [1.29, 1.82) is 0 Å². The Morgan fingerprint density at radius 1 is 1.19 bits per heavy atom. The lowest BCUT2D eigenvalue weighted by Crippen LogP contribution is -1.87. The Morgan fingerprint density at radius 3 is 2.69 bits per heavy atom. The van der Waals surface area contributed by atoms with Gasteiger partial charge in [0.1, 0.15) is 5.82 Å². The number of oxazole rings is 1. The first-order chi connectivity index (χ1) is 12.5. The van der Waals surface area contributed by atoms with Crippen LogP contribution in [0.25, 0.3) is 12.2 Å². The minimum absolute atomic E-state index is 0.0329. The van der Waals surface area contributed by atoms with E-state index >= 15 is 0 Å². The summed E-state index contributed by atoms with van der Waals surface area (Å²) in [5.41, 5.74) is 1.14. The number of benzene rings is 2. The number of halogens is 1. The Kier molecular flexibility index (Phi) is 4.84. The lowest BCUT2D eigenvalue weighted by atomic mass is 10.2. The smallest absolute Gasteiger partial charge is 0.312 e. The summed E-state index contributed by atoms with van der Waals surface area (Å²) in [6, 6.07) is 11.5. The molecule has 0 bridgehead atoms. The molecule has 0 fully saturated rings. The lowest BCUT2D eigenvalue weighted by molar-refractivity contribution is -0.384. The van der Waals surface area contributed by atoms with Gasteiger partial charge in [-0.2, -0.15) is 0 Å². The zero-order chi connectivity index (χ0) is 18.5. The van der Waals surface area contributed by atoms with Gasteiger partial charge in [0.15, 0.2) is 5.69 Å². The molecule has 0 radical (unpaired) electrons. The third kappa shape index (κ3) is 4.18. The largest absolute Gasteiger partial charge is 0.479 e. The van der Waals surface area contributed by atoms with Crippen LogP contribution in [0, 0.1) is 15.9 Å². The maximum Gasteiger partial charge on any atom is 0.312 e. The number of rotatable bonds is 5. The number of hydrogen-bond donors (Lipinski definition) is 1. The number of non-ortho nitro benzene ring substituents is 1. The van der Waals surface area contributed by atoms with Crippen LogP contribution in [0.1, 0.15) is 17.1 Å². The van der Waals surface area contributed by atoms with Gasteiger partial charge in [0.05, 0.1) is 16.8 Å². The number of nitro benzene ring substituents is 1. The monoisotopic (exact) mass is 353 g/mol. The van der Waals surface area contributed by atoms with Gasteiger partial charge in [-0.25, -0.2) is 9.37 Å². The summed E-state index contributed by atoms with van der Waals surface area (Å²) in [5, 5.41) is 20.5. The molecule has 0 aliphatic carbocycles. The van der Waals surface area contributed by atoms with Crippen molar-refractivity contribution in [2.75, 3.05) is 0 Å². The second-order valence-corrected chi connectivity index (χ2v) is 5.16. The molecule has 1 heterocycles. The molecule has 0 unspecified atom stereocenters. The molecule has 0 saturated heterocycles. The van der Waals surface area contributed by atoms with Crippen LogP contribution >= 0.6 is 0 Å². The Balaban J connectivity index is 1.76. The van der Waals surface area contributed by atoms with Crippen molar-refractivity contribution in [2.24, 2.45) is 4.99 Å². The van der Waals surface area contributed by atoms with Crippen LogP contribution < -0.4 is 0 Å². The number of hydrogen-bond acceptors (Lipinski definition) is 6. The Morgan fingerprint density at radius 2 is 1.96 bits per heavy atom. The summed E-state index contributed by atoms with van der Waals surface area (Å²) in [6.07, 6.45) is 4.32. The molecule has 0 atom stereocenters. The third-order valence-corrected chi connectivity index (χ3v) is 3.31. The molecule has 3 rings (SSSR count). The summed E-state index contributed by atoms with van der Waals surface area (Å²) in [4.78, 5) is 18.4. The van der Waals surface area contributed by atoms with Gasteiger partial charge in [-0.15, -0.1) is 0 Å². The fourth-order valence-electron chi connectivity index (χ4n) is 2.07. The van der Waals surface area contributed by atoms with Crippen LogP contribution in [0.15, 0.2) is 57.9 Å². The highest BCUT2D eigenvalue weighted by Gasteiger charge is 2.09. The average molecular weight is 353 g/mol. The van der Waals surface area contributed by atoms with E-state index in [0.29, 0.717) is 11.3 Å². The topological polar surface area (TPSA) is 102 Å². The summed E-state index contributed by atoms with van der Waals surface area (Å²) >= 11 is 0. The van der Waals surface area contributed by atoms with E-state index in [1.165, 1.54) is 48.7 Å². The molecule has 7 nitrogen and oxygen atoms in total. The maximum atomic E-state index is 12.8. The van der Waals surface area contributed by atoms with Crippen LogP contribution in [0.2, 0.25) is 0 Å². The first-order valence-electron chi connectivity index (χ1n) is 7.43. The van der Waals surface area contributed by atoms with E-state index in [0.717, 1.165) is 0 Å². The normalized spacial score (nSPS) is 11.4. The minimum atomic E-state index is -0.488. The Hall–Kier alpha value is -3.81. The molecule has 2 aromatic carbocycles. The predicted molar refractivity (Wildman–Crippen MR) is 93.8 cm³/mol. The van der Waals surface area contributed by atoms with Gasteiger partial charge in [-0.1, -0.05) is 12.1 Å². The zero-order valence-corrected chi connectivity index (χ0v) is 13.2. The van der Waals surface area contributed by atoms with Crippen LogP contribution in [0.3, 0.4) is 0 Å². The number of nitro groups is 1. The van der Waals surface area contributed by atoms with E-state index in [2.05, 4.69) is 9.98 Å². The summed E-state index contributed by atoms with van der Waals surface area (Å²) in [7, 11) is 0. The van der Waals surface area contributed by atoms with Crippen LogP contribution in [0.4, 0.5) is 15.8 Å². The van der Waals surface area contributed by atoms with Crippen LogP contribution in [0.5, 0.6) is 5.95 Å². The van der Waals surface area contributed by atoms with E-state index in [4.69, 9.17) is 4.42 Å². The third-order valence-electron chi connectivity index (χ3n) is 3.31. The van der Waals surface area contributed by atoms with Crippen molar-refractivity contribution in [3.05, 3.63) is 81.6 Å². The molecule has 3 aromatic rings. The lowest BCUT2D eigenvalue weighted by Gasteiger charge is -1.93. The van der Waals surface area contributed by atoms with Gasteiger partial charge in [0, 0.05) is 18.2 Å². The number of aromatic nitrogens is 1. The molecule has 0 spiro atoms. The fourth-order valence-corrected chi connectivity index (χ4v) is 2.07. The molecule has 0 aliphatic heterocycles. The first-order valence-corrected chi connectivity index (χ1v) is 7.43. The van der Waals surface area contributed by atoms with Crippen molar-refractivity contribution in [2.45, 2.75) is 0 Å². The van der Waals surface area contributed by atoms with Crippen molar-refractivity contribution in [3.8, 4) is 5.95 Å². The zero-order valence-electron chi connectivity index (χ0n) is 13.2. The van der Waals surface area contributed by atoms with Crippen LogP contribution in [-0.2, 0) is 0 Å². The van der Waals surface area contributed by atoms with Crippen molar-refractivity contribution < 1.29 is 18.8 Å². The summed E-state index contributed by atoms with van der Waals surface area (Å²) in [6.45, 7) is 0. The number of aromatic hydroxyl groups is 1. The average Bonchev–Trinajstić information content (AvgIpc) is 2.99. The van der Waals surface area contributed by atoms with E-state index in [1.54, 1.807) is 18.2 Å². The molecular weight excluding hydrogens is 341 g/mol. The molecule has 0 saturated carbocycles. The molecule has 1 N–H and O–H groups in total. The second-order valence-electron chi connectivity index (χ2n) is 5.16. The quantitative estimate of drug-likeness (QED) is 0.417. The van der Waals surface area contributed by atoms with Crippen molar-refractivity contribution in [1.82, 2.24) is 4.98 Å². The van der Waals surface area contributed by atoms with E-state index < -0.39 is 10.9 Å². The van der Waals surface area contributed by atoms with Gasteiger partial charge < -0.3 is 9.52 Å². The Labute approximate surface area is 146 Å². The highest BCUT2D eigenvalue weighted by molar-refractivity contribution is 5.82. The standard InChI is InChI=1S/C18H12FN3O4/c19-13-5-7-14(8-6-13)20-11-16-18(23)26-17(21-16)9-4-12-2-1-3-15(10-12)22(24)25/h1-11,23H. The minimum Gasteiger partial charge on any atom is -0.479 e. The molecule has 130 valence electrons. The Bertz CT molecular complexity index is 994. The molecule has 26 heavy (non-hydrogen) atoms. The molecule has 1 aromatic heterocycles. The van der Waals surface area contributed by atoms with Gasteiger partial charge in [0.2, 0.25) is 5.89 Å². The second kappa shape index (κ2) is 7.39. The highest BCUT2D eigenvalue weighted by Crippen LogP contribution is 2.21. The van der Waals surface area contributed by atoms with E-state index in [1.807, 2.05) is 0 Å². The summed E-state index contributed by atoms with van der Waals surface area (Å²) in [5.74, 6) is -0.689. The highest BCUT2D eigenvalue weighted by atomic mass is 19.1. The SMILES string of the molecule is O=[N+]([O-])c1cccc(C=Cc2nc(C=Nc3ccc(F)cc3)c(O)o2)c1. The van der Waals surface area contributed by atoms with Gasteiger partial charge in [-0.3, -0.25) is 15.1 Å². The summed E-state index contributed by atoms with van der Waals surface area (Å²) < 4.78 is 17.9. The molecule has 0 aliphatic rings.